The van der Waals surface area contributed by atoms with Gasteiger partial charge in [-0.25, -0.2) is 4.79 Å². The maximum absolute atomic E-state index is 12.7. The number of carbonyl (C=O) groups excluding carboxylic acids is 1. The summed E-state index contributed by atoms with van der Waals surface area (Å²) in [5, 5.41) is 9.10. The molecule has 1 fully saturated rings. The highest BCUT2D eigenvalue weighted by atomic mass is 16.4. The van der Waals surface area contributed by atoms with E-state index in [0.717, 1.165) is 43.2 Å². The standard InChI is InChI=1S/C17H22N2O3/c18-15-4-2-1-3-14(15)16(20)19-8-7-11-5-6-12(17(21)22)9-13(11)10-19/h5-6,9,14-15H,1-4,7-8,10,18H2,(H,21,22). The maximum atomic E-state index is 12.7. The average molecular weight is 302 g/mol. The van der Waals surface area contributed by atoms with Crippen molar-refractivity contribution in [2.45, 2.75) is 44.7 Å². The van der Waals surface area contributed by atoms with Gasteiger partial charge in [0.05, 0.1) is 11.5 Å². The predicted molar refractivity (Wildman–Crippen MR) is 82.5 cm³/mol. The molecular formula is C17H22N2O3. The van der Waals surface area contributed by atoms with Crippen molar-refractivity contribution in [3.63, 3.8) is 0 Å². The fraction of sp³-hybridized carbons (Fsp3) is 0.529. The fourth-order valence-electron chi connectivity index (χ4n) is 3.58. The van der Waals surface area contributed by atoms with Crippen LogP contribution in [0.15, 0.2) is 18.2 Å². The molecule has 3 rings (SSSR count). The van der Waals surface area contributed by atoms with Gasteiger partial charge in [0.1, 0.15) is 0 Å². The monoisotopic (exact) mass is 302 g/mol. The number of carbonyl (C=O) groups is 2. The number of amides is 1. The molecule has 1 aromatic rings. The Hall–Kier alpha value is -1.88. The first-order valence-electron chi connectivity index (χ1n) is 7.95. The van der Waals surface area contributed by atoms with Crippen molar-refractivity contribution in [3.8, 4) is 0 Å². The zero-order chi connectivity index (χ0) is 15.7. The largest absolute Gasteiger partial charge is 0.478 e. The van der Waals surface area contributed by atoms with Gasteiger partial charge in [-0.05, 0) is 42.5 Å². The van der Waals surface area contributed by atoms with Crippen LogP contribution in [-0.4, -0.2) is 34.5 Å². The summed E-state index contributed by atoms with van der Waals surface area (Å²) in [6.45, 7) is 1.19. The van der Waals surface area contributed by atoms with E-state index in [2.05, 4.69) is 0 Å². The van der Waals surface area contributed by atoms with Crippen molar-refractivity contribution in [1.29, 1.82) is 0 Å². The highest BCUT2D eigenvalue weighted by molar-refractivity contribution is 5.88. The molecule has 0 spiro atoms. The van der Waals surface area contributed by atoms with Crippen LogP contribution in [0.5, 0.6) is 0 Å². The highest BCUT2D eigenvalue weighted by Crippen LogP contribution is 2.28. The van der Waals surface area contributed by atoms with Gasteiger partial charge < -0.3 is 15.7 Å². The van der Waals surface area contributed by atoms with Crippen LogP contribution in [-0.2, 0) is 17.8 Å². The molecular weight excluding hydrogens is 280 g/mol. The second-order valence-electron chi connectivity index (χ2n) is 6.35. The molecule has 0 aromatic heterocycles. The Labute approximate surface area is 130 Å². The van der Waals surface area contributed by atoms with Crippen LogP contribution in [0.4, 0.5) is 0 Å². The number of hydrogen-bond acceptors (Lipinski definition) is 3. The minimum atomic E-state index is -0.930. The van der Waals surface area contributed by atoms with Crippen molar-refractivity contribution in [2.75, 3.05) is 6.54 Å². The summed E-state index contributed by atoms with van der Waals surface area (Å²) in [4.78, 5) is 25.7. The molecule has 2 atom stereocenters. The number of nitrogens with zero attached hydrogens (tertiary/aromatic N) is 1. The number of nitrogens with two attached hydrogens (primary N) is 1. The SMILES string of the molecule is NC1CCCCC1C(=O)N1CCc2ccc(C(=O)O)cc2C1. The van der Waals surface area contributed by atoms with Crippen molar-refractivity contribution in [1.82, 2.24) is 4.90 Å². The molecule has 118 valence electrons. The van der Waals surface area contributed by atoms with E-state index in [1.165, 1.54) is 0 Å². The second kappa shape index (κ2) is 6.08. The van der Waals surface area contributed by atoms with E-state index in [9.17, 15) is 9.59 Å². The van der Waals surface area contributed by atoms with E-state index in [0.29, 0.717) is 13.1 Å². The van der Waals surface area contributed by atoms with E-state index in [4.69, 9.17) is 10.8 Å². The van der Waals surface area contributed by atoms with Gasteiger partial charge in [-0.2, -0.15) is 0 Å². The topological polar surface area (TPSA) is 83.6 Å². The molecule has 1 aliphatic carbocycles. The molecule has 0 radical (unpaired) electrons. The molecule has 1 heterocycles. The Morgan fingerprint density at radius 1 is 1.18 bits per heavy atom. The van der Waals surface area contributed by atoms with E-state index in [-0.39, 0.29) is 23.4 Å². The quantitative estimate of drug-likeness (QED) is 0.872. The summed E-state index contributed by atoms with van der Waals surface area (Å²) < 4.78 is 0. The number of hydrogen-bond donors (Lipinski definition) is 2. The van der Waals surface area contributed by atoms with Crippen molar-refractivity contribution < 1.29 is 14.7 Å². The molecule has 2 unspecified atom stereocenters. The average Bonchev–Trinajstić information content (AvgIpc) is 2.53. The minimum Gasteiger partial charge on any atom is -0.478 e. The first kappa shape index (κ1) is 15.0. The number of aromatic carboxylic acids is 1. The lowest BCUT2D eigenvalue weighted by Gasteiger charge is -2.35. The third kappa shape index (κ3) is 2.86. The number of carboxylic acids is 1. The van der Waals surface area contributed by atoms with Crippen molar-refractivity contribution >= 4 is 11.9 Å². The zero-order valence-corrected chi connectivity index (χ0v) is 12.6. The van der Waals surface area contributed by atoms with Gasteiger partial charge in [0.2, 0.25) is 5.91 Å². The van der Waals surface area contributed by atoms with Gasteiger partial charge in [-0.1, -0.05) is 18.9 Å². The summed E-state index contributed by atoms with van der Waals surface area (Å²) in [6, 6.07) is 5.16. The fourth-order valence-corrected chi connectivity index (χ4v) is 3.58. The van der Waals surface area contributed by atoms with Crippen LogP contribution in [0.1, 0.15) is 47.2 Å². The molecule has 1 saturated carbocycles. The summed E-state index contributed by atoms with van der Waals surface area (Å²) in [5.41, 5.74) is 8.49. The third-order valence-corrected chi connectivity index (χ3v) is 4.91. The van der Waals surface area contributed by atoms with Gasteiger partial charge in [0.25, 0.3) is 0 Å². The minimum absolute atomic E-state index is 0.0343. The summed E-state index contributed by atoms with van der Waals surface area (Å²) >= 11 is 0. The molecule has 1 amide bonds. The summed E-state index contributed by atoms with van der Waals surface area (Å²) in [6.07, 6.45) is 4.75. The lowest BCUT2D eigenvalue weighted by Crippen LogP contribution is -2.47. The van der Waals surface area contributed by atoms with Gasteiger partial charge >= 0.3 is 5.97 Å². The van der Waals surface area contributed by atoms with Crippen molar-refractivity contribution in [2.24, 2.45) is 11.7 Å². The van der Waals surface area contributed by atoms with Crippen LogP contribution in [0.2, 0.25) is 0 Å². The Bertz CT molecular complexity index is 600. The molecule has 1 aromatic carbocycles. The van der Waals surface area contributed by atoms with Crippen LogP contribution < -0.4 is 5.73 Å². The number of rotatable bonds is 2. The zero-order valence-electron chi connectivity index (χ0n) is 12.6. The maximum Gasteiger partial charge on any atom is 0.335 e. The molecule has 22 heavy (non-hydrogen) atoms. The number of carboxylic acid groups (broad SMARTS) is 1. The summed E-state index contributed by atoms with van der Waals surface area (Å²) in [7, 11) is 0. The van der Waals surface area contributed by atoms with E-state index >= 15 is 0 Å². The predicted octanol–water partition coefficient (Wildman–Crippen LogP) is 1.79. The van der Waals surface area contributed by atoms with E-state index in [1.807, 2.05) is 11.0 Å². The lowest BCUT2D eigenvalue weighted by atomic mass is 9.83. The Morgan fingerprint density at radius 3 is 2.68 bits per heavy atom. The second-order valence-corrected chi connectivity index (χ2v) is 6.35. The Kier molecular flexibility index (Phi) is 4.16. The van der Waals surface area contributed by atoms with Gasteiger partial charge in [-0.3, -0.25) is 4.79 Å². The van der Waals surface area contributed by atoms with Crippen LogP contribution in [0.3, 0.4) is 0 Å². The lowest BCUT2D eigenvalue weighted by molar-refractivity contribution is -0.138. The molecule has 3 N–H and O–H groups in total. The Balaban J connectivity index is 1.76. The molecule has 1 aliphatic heterocycles. The summed E-state index contributed by atoms with van der Waals surface area (Å²) in [5.74, 6) is -0.864. The van der Waals surface area contributed by atoms with Crippen LogP contribution in [0, 0.1) is 5.92 Å². The molecule has 0 bridgehead atoms. The molecule has 5 heteroatoms. The third-order valence-electron chi connectivity index (χ3n) is 4.91. The molecule has 0 saturated heterocycles. The Morgan fingerprint density at radius 2 is 1.95 bits per heavy atom. The normalized spacial score (nSPS) is 24.7. The van der Waals surface area contributed by atoms with Crippen molar-refractivity contribution in [3.05, 3.63) is 34.9 Å². The molecule has 2 aliphatic rings. The first-order valence-corrected chi connectivity index (χ1v) is 7.95. The van der Waals surface area contributed by atoms with Gasteiger partial charge in [0.15, 0.2) is 0 Å². The first-order chi connectivity index (χ1) is 10.6. The number of benzene rings is 1. The smallest absolute Gasteiger partial charge is 0.335 e. The van der Waals surface area contributed by atoms with Gasteiger partial charge in [0, 0.05) is 19.1 Å². The number of fused-ring (bicyclic) bond motifs is 1. The molecule has 5 nitrogen and oxygen atoms in total. The van der Waals surface area contributed by atoms with Crippen LogP contribution in [0.25, 0.3) is 0 Å². The van der Waals surface area contributed by atoms with Gasteiger partial charge in [-0.15, -0.1) is 0 Å². The highest BCUT2D eigenvalue weighted by Gasteiger charge is 2.33. The van der Waals surface area contributed by atoms with E-state index < -0.39 is 5.97 Å². The van der Waals surface area contributed by atoms with E-state index in [1.54, 1.807) is 12.1 Å². The van der Waals surface area contributed by atoms with Crippen LogP contribution >= 0.6 is 0 Å².